The Morgan fingerprint density at radius 1 is 1.00 bits per heavy atom. The van der Waals surface area contributed by atoms with E-state index in [1.807, 2.05) is 30.5 Å². The summed E-state index contributed by atoms with van der Waals surface area (Å²) in [4.78, 5) is 12.6. The highest BCUT2D eigenvalue weighted by atomic mass is 35.5. The van der Waals surface area contributed by atoms with Crippen LogP contribution in [0.3, 0.4) is 0 Å². The second kappa shape index (κ2) is 5.31. The molecular formula is C16H11ClN2O. The monoisotopic (exact) mass is 282 g/mol. The Morgan fingerprint density at radius 2 is 1.75 bits per heavy atom. The summed E-state index contributed by atoms with van der Waals surface area (Å²) in [7, 11) is 0. The second-order valence-electron chi connectivity index (χ2n) is 4.30. The van der Waals surface area contributed by atoms with Gasteiger partial charge in [0.05, 0.1) is 5.69 Å². The van der Waals surface area contributed by atoms with Crippen molar-refractivity contribution in [1.82, 2.24) is 9.78 Å². The van der Waals surface area contributed by atoms with Crippen molar-refractivity contribution in [3.63, 3.8) is 0 Å². The Balaban J connectivity index is 2.06. The normalized spacial score (nSPS) is 10.4. The molecule has 2 aromatic carbocycles. The maximum absolute atomic E-state index is 12.6. The van der Waals surface area contributed by atoms with Gasteiger partial charge in [-0.25, -0.2) is 4.68 Å². The zero-order valence-corrected chi connectivity index (χ0v) is 11.3. The highest BCUT2D eigenvalue weighted by Gasteiger charge is 2.14. The van der Waals surface area contributed by atoms with Crippen LogP contribution < -0.4 is 0 Å². The van der Waals surface area contributed by atoms with Crippen molar-refractivity contribution in [1.29, 1.82) is 0 Å². The molecule has 98 valence electrons. The third kappa shape index (κ3) is 2.36. The van der Waals surface area contributed by atoms with E-state index in [2.05, 4.69) is 5.10 Å². The second-order valence-corrected chi connectivity index (χ2v) is 4.74. The molecule has 1 heterocycles. The zero-order valence-electron chi connectivity index (χ0n) is 10.5. The van der Waals surface area contributed by atoms with E-state index in [9.17, 15) is 4.79 Å². The standard InChI is InChI=1S/C16H11ClN2O/c17-13-8-6-12(7-9-13)16(20)14-4-1-2-5-15(14)19-11-3-10-18-19/h1-11H. The topological polar surface area (TPSA) is 34.9 Å². The van der Waals surface area contributed by atoms with Crippen LogP contribution >= 0.6 is 11.6 Å². The van der Waals surface area contributed by atoms with Gasteiger partial charge in [-0.2, -0.15) is 5.10 Å². The third-order valence-electron chi connectivity index (χ3n) is 3.01. The SMILES string of the molecule is O=C(c1ccc(Cl)cc1)c1ccccc1-n1cccn1. The van der Waals surface area contributed by atoms with E-state index >= 15 is 0 Å². The number of aromatic nitrogens is 2. The Bertz CT molecular complexity index is 733. The van der Waals surface area contributed by atoms with Gasteiger partial charge in [0.15, 0.2) is 5.78 Å². The molecule has 0 aliphatic rings. The zero-order chi connectivity index (χ0) is 13.9. The fourth-order valence-electron chi connectivity index (χ4n) is 2.03. The van der Waals surface area contributed by atoms with Gasteiger partial charge >= 0.3 is 0 Å². The van der Waals surface area contributed by atoms with Gasteiger partial charge in [0.2, 0.25) is 0 Å². The molecule has 0 saturated carbocycles. The van der Waals surface area contributed by atoms with Crippen molar-refractivity contribution in [2.24, 2.45) is 0 Å². The lowest BCUT2D eigenvalue weighted by Gasteiger charge is -2.08. The predicted molar refractivity (Wildman–Crippen MR) is 78.4 cm³/mol. The Labute approximate surface area is 121 Å². The average molecular weight is 283 g/mol. The van der Waals surface area contributed by atoms with E-state index in [0.717, 1.165) is 5.69 Å². The number of carbonyl (C=O) groups excluding carboxylic acids is 1. The average Bonchev–Trinajstić information content (AvgIpc) is 3.01. The Kier molecular flexibility index (Phi) is 3.35. The number of hydrogen-bond acceptors (Lipinski definition) is 2. The minimum absolute atomic E-state index is 0.0484. The van der Waals surface area contributed by atoms with Crippen molar-refractivity contribution in [2.75, 3.05) is 0 Å². The van der Waals surface area contributed by atoms with E-state index < -0.39 is 0 Å². The van der Waals surface area contributed by atoms with Crippen molar-refractivity contribution >= 4 is 17.4 Å². The largest absolute Gasteiger partial charge is 0.289 e. The number of rotatable bonds is 3. The van der Waals surface area contributed by atoms with E-state index in [0.29, 0.717) is 16.1 Å². The van der Waals surface area contributed by atoms with Crippen LogP contribution in [0.4, 0.5) is 0 Å². The number of para-hydroxylation sites is 1. The van der Waals surface area contributed by atoms with Crippen LogP contribution in [0.5, 0.6) is 0 Å². The van der Waals surface area contributed by atoms with Gasteiger partial charge < -0.3 is 0 Å². The quantitative estimate of drug-likeness (QED) is 0.686. The summed E-state index contributed by atoms with van der Waals surface area (Å²) < 4.78 is 1.68. The Morgan fingerprint density at radius 3 is 2.45 bits per heavy atom. The summed E-state index contributed by atoms with van der Waals surface area (Å²) in [5.74, 6) is -0.0484. The van der Waals surface area contributed by atoms with Gasteiger partial charge in [-0.1, -0.05) is 23.7 Å². The molecule has 0 spiro atoms. The van der Waals surface area contributed by atoms with Crippen LogP contribution in [0.15, 0.2) is 67.0 Å². The molecule has 1 aromatic heterocycles. The van der Waals surface area contributed by atoms with E-state index in [-0.39, 0.29) is 5.78 Å². The highest BCUT2D eigenvalue weighted by Crippen LogP contribution is 2.19. The number of carbonyl (C=O) groups is 1. The van der Waals surface area contributed by atoms with Crippen molar-refractivity contribution < 1.29 is 4.79 Å². The van der Waals surface area contributed by atoms with Gasteiger partial charge in [-0.05, 0) is 42.5 Å². The number of ketones is 1. The fraction of sp³-hybridized carbons (Fsp3) is 0. The lowest BCUT2D eigenvalue weighted by atomic mass is 10.0. The molecule has 3 nitrogen and oxygen atoms in total. The summed E-state index contributed by atoms with van der Waals surface area (Å²) in [6.07, 6.45) is 3.50. The van der Waals surface area contributed by atoms with E-state index in [4.69, 9.17) is 11.6 Å². The van der Waals surface area contributed by atoms with Crippen LogP contribution in [0.25, 0.3) is 5.69 Å². The lowest BCUT2D eigenvalue weighted by Crippen LogP contribution is -2.07. The summed E-state index contributed by atoms with van der Waals surface area (Å²) in [5.41, 5.74) is 1.98. The molecule has 0 bridgehead atoms. The van der Waals surface area contributed by atoms with Crippen LogP contribution in [-0.4, -0.2) is 15.6 Å². The van der Waals surface area contributed by atoms with Crippen molar-refractivity contribution in [3.05, 3.63) is 83.1 Å². The summed E-state index contributed by atoms with van der Waals surface area (Å²) in [5, 5.41) is 4.79. The molecule has 0 radical (unpaired) electrons. The molecule has 3 rings (SSSR count). The number of benzene rings is 2. The highest BCUT2D eigenvalue weighted by molar-refractivity contribution is 6.30. The van der Waals surface area contributed by atoms with Crippen molar-refractivity contribution in [2.45, 2.75) is 0 Å². The first-order valence-corrected chi connectivity index (χ1v) is 6.53. The molecule has 20 heavy (non-hydrogen) atoms. The number of nitrogens with zero attached hydrogens (tertiary/aromatic N) is 2. The van der Waals surface area contributed by atoms with Crippen LogP contribution in [0.1, 0.15) is 15.9 Å². The first-order chi connectivity index (χ1) is 9.75. The minimum Gasteiger partial charge on any atom is -0.289 e. The molecule has 0 atom stereocenters. The van der Waals surface area contributed by atoms with Gasteiger partial charge in [0, 0.05) is 28.5 Å². The van der Waals surface area contributed by atoms with Gasteiger partial charge in [0.25, 0.3) is 0 Å². The Hall–Kier alpha value is -2.39. The van der Waals surface area contributed by atoms with Crippen LogP contribution in [0, 0.1) is 0 Å². The van der Waals surface area contributed by atoms with E-state index in [1.165, 1.54) is 0 Å². The van der Waals surface area contributed by atoms with E-state index in [1.54, 1.807) is 41.2 Å². The fourth-order valence-corrected chi connectivity index (χ4v) is 2.16. The predicted octanol–water partition coefficient (Wildman–Crippen LogP) is 3.76. The maximum Gasteiger partial charge on any atom is 0.195 e. The minimum atomic E-state index is -0.0484. The molecule has 0 aliphatic heterocycles. The molecule has 0 N–H and O–H groups in total. The molecule has 4 heteroatoms. The number of hydrogen-bond donors (Lipinski definition) is 0. The molecule has 0 aliphatic carbocycles. The summed E-state index contributed by atoms with van der Waals surface area (Å²) in [6.45, 7) is 0. The third-order valence-corrected chi connectivity index (χ3v) is 3.26. The maximum atomic E-state index is 12.6. The van der Waals surface area contributed by atoms with Gasteiger partial charge in [-0.15, -0.1) is 0 Å². The summed E-state index contributed by atoms with van der Waals surface area (Å²) in [6, 6.07) is 16.1. The van der Waals surface area contributed by atoms with Crippen molar-refractivity contribution in [3.8, 4) is 5.69 Å². The van der Waals surface area contributed by atoms with Crippen LogP contribution in [0.2, 0.25) is 5.02 Å². The first-order valence-electron chi connectivity index (χ1n) is 6.15. The number of halogens is 1. The smallest absolute Gasteiger partial charge is 0.195 e. The van der Waals surface area contributed by atoms with Gasteiger partial charge in [0.1, 0.15) is 0 Å². The molecule has 0 amide bonds. The molecule has 3 aromatic rings. The molecule has 0 fully saturated rings. The van der Waals surface area contributed by atoms with Gasteiger partial charge in [-0.3, -0.25) is 4.79 Å². The molecule has 0 saturated heterocycles. The summed E-state index contributed by atoms with van der Waals surface area (Å²) >= 11 is 5.85. The molecule has 0 unspecified atom stereocenters. The first kappa shape index (κ1) is 12.6. The van der Waals surface area contributed by atoms with Crippen LogP contribution in [-0.2, 0) is 0 Å². The molecular weight excluding hydrogens is 272 g/mol. The lowest BCUT2D eigenvalue weighted by molar-refractivity contribution is 0.103.